The zero-order valence-corrected chi connectivity index (χ0v) is 12.5. The smallest absolute Gasteiger partial charge is 0.210 e. The van der Waals surface area contributed by atoms with Gasteiger partial charge in [0.1, 0.15) is 12.4 Å². The van der Waals surface area contributed by atoms with Gasteiger partial charge >= 0.3 is 0 Å². The number of methoxy groups -OCH3 is 1. The average molecular weight is 294 g/mol. The lowest BCUT2D eigenvalue weighted by atomic mass is 10.1. The van der Waals surface area contributed by atoms with Crippen molar-refractivity contribution in [1.29, 1.82) is 0 Å². The number of nitrogens with one attached hydrogen (secondary N) is 1. The molecule has 2 aromatic carbocycles. The summed E-state index contributed by atoms with van der Waals surface area (Å²) in [4.78, 5) is 4.33. The van der Waals surface area contributed by atoms with E-state index in [9.17, 15) is 0 Å². The molecule has 0 aliphatic carbocycles. The summed E-state index contributed by atoms with van der Waals surface area (Å²) in [7, 11) is 1.66. The summed E-state index contributed by atoms with van der Waals surface area (Å²) in [6.45, 7) is 1.37. The van der Waals surface area contributed by atoms with Gasteiger partial charge in [-0.05, 0) is 29.8 Å². The fraction of sp³-hybridized carbons (Fsp3) is 0.167. The van der Waals surface area contributed by atoms with E-state index >= 15 is 0 Å². The maximum absolute atomic E-state index is 5.49. The van der Waals surface area contributed by atoms with E-state index in [1.54, 1.807) is 7.11 Å². The van der Waals surface area contributed by atoms with Gasteiger partial charge in [0.05, 0.1) is 19.4 Å². The van der Waals surface area contributed by atoms with Gasteiger partial charge in [0.15, 0.2) is 0 Å². The van der Waals surface area contributed by atoms with Crippen LogP contribution in [0, 0.1) is 0 Å². The molecule has 1 aliphatic heterocycles. The van der Waals surface area contributed by atoms with Crippen LogP contribution < -0.4 is 10.1 Å². The van der Waals surface area contributed by atoms with Crippen LogP contribution in [0.4, 0.5) is 5.69 Å². The van der Waals surface area contributed by atoms with Gasteiger partial charge in [-0.25, -0.2) is 4.99 Å². The fourth-order valence-corrected chi connectivity index (χ4v) is 2.20. The number of anilines is 1. The Balaban J connectivity index is 1.87. The van der Waals surface area contributed by atoms with E-state index < -0.39 is 0 Å². The Kier molecular flexibility index (Phi) is 4.39. The maximum atomic E-state index is 5.49. The Hall–Kier alpha value is -2.75. The van der Waals surface area contributed by atoms with Crippen LogP contribution in [0.15, 0.2) is 65.7 Å². The van der Waals surface area contributed by atoms with Crippen molar-refractivity contribution in [3.63, 3.8) is 0 Å². The molecule has 0 bridgehead atoms. The second-order valence-electron chi connectivity index (χ2n) is 4.85. The zero-order valence-electron chi connectivity index (χ0n) is 12.5. The third-order valence-electron chi connectivity index (χ3n) is 3.33. The summed E-state index contributed by atoms with van der Waals surface area (Å²) in [5.74, 6) is 1.50. The number of hydrogen-bond acceptors (Lipinski definition) is 4. The minimum Gasteiger partial charge on any atom is -0.497 e. The molecule has 0 fully saturated rings. The molecule has 0 amide bonds. The van der Waals surface area contributed by atoms with Gasteiger partial charge in [-0.2, -0.15) is 0 Å². The molecule has 1 heterocycles. The molecule has 1 aliphatic rings. The molecule has 3 rings (SSSR count). The van der Waals surface area contributed by atoms with E-state index in [-0.39, 0.29) is 0 Å². The predicted octanol–water partition coefficient (Wildman–Crippen LogP) is 3.58. The van der Waals surface area contributed by atoms with Crippen molar-refractivity contribution in [1.82, 2.24) is 0 Å². The van der Waals surface area contributed by atoms with Gasteiger partial charge in [-0.15, -0.1) is 0 Å². The molecule has 2 aromatic rings. The minimum absolute atomic E-state index is 0.649. The highest BCUT2D eigenvalue weighted by molar-refractivity contribution is 5.98. The third-order valence-corrected chi connectivity index (χ3v) is 3.33. The van der Waals surface area contributed by atoms with Crippen LogP contribution in [0.5, 0.6) is 5.75 Å². The molecule has 22 heavy (non-hydrogen) atoms. The first kappa shape index (κ1) is 14.2. The lowest BCUT2D eigenvalue weighted by molar-refractivity contribution is 0.350. The van der Waals surface area contributed by atoms with Gasteiger partial charge < -0.3 is 14.8 Å². The summed E-state index contributed by atoms with van der Waals surface area (Å²) in [5, 5.41) is 3.42. The molecule has 0 saturated heterocycles. The molecule has 4 heteroatoms. The highest BCUT2D eigenvalue weighted by Gasteiger charge is 2.08. The standard InChI is InChI=1S/C18H18N2O2/c1-21-16-9-7-15(8-10-16)20-17(13-18-19-11-12-22-18)14-5-3-2-4-6-14/h2-10,13,20H,11-12H2,1H3/b17-13-. The molecule has 0 saturated carbocycles. The Morgan fingerprint density at radius 3 is 2.55 bits per heavy atom. The number of aliphatic imine (C=N–C) groups is 1. The Labute approximate surface area is 130 Å². The Morgan fingerprint density at radius 2 is 1.91 bits per heavy atom. The summed E-state index contributed by atoms with van der Waals surface area (Å²) in [6, 6.07) is 17.9. The summed E-state index contributed by atoms with van der Waals surface area (Å²) in [5.41, 5.74) is 3.01. The normalized spacial score (nSPS) is 14.2. The first-order chi connectivity index (χ1) is 10.8. The fourth-order valence-electron chi connectivity index (χ4n) is 2.20. The van der Waals surface area contributed by atoms with Crippen molar-refractivity contribution in [2.75, 3.05) is 25.6 Å². The average Bonchev–Trinajstić information content (AvgIpc) is 3.09. The molecule has 112 valence electrons. The molecule has 0 spiro atoms. The van der Waals surface area contributed by atoms with Gasteiger partial charge in [0, 0.05) is 11.8 Å². The monoisotopic (exact) mass is 294 g/mol. The van der Waals surface area contributed by atoms with E-state index in [2.05, 4.69) is 22.4 Å². The number of hydrogen-bond donors (Lipinski definition) is 1. The van der Waals surface area contributed by atoms with Crippen LogP contribution in [-0.4, -0.2) is 26.2 Å². The van der Waals surface area contributed by atoms with E-state index in [0.29, 0.717) is 12.5 Å². The molecule has 0 unspecified atom stereocenters. The van der Waals surface area contributed by atoms with Crippen molar-refractivity contribution < 1.29 is 9.47 Å². The molecular weight excluding hydrogens is 276 g/mol. The largest absolute Gasteiger partial charge is 0.497 e. The van der Waals surface area contributed by atoms with Gasteiger partial charge in [-0.1, -0.05) is 30.3 Å². The lowest BCUT2D eigenvalue weighted by Gasteiger charge is -2.12. The highest BCUT2D eigenvalue weighted by atomic mass is 16.5. The van der Waals surface area contributed by atoms with Crippen LogP contribution in [0.3, 0.4) is 0 Å². The van der Waals surface area contributed by atoms with Crippen molar-refractivity contribution in [2.24, 2.45) is 4.99 Å². The van der Waals surface area contributed by atoms with Gasteiger partial charge in [0.25, 0.3) is 0 Å². The minimum atomic E-state index is 0.649. The summed E-state index contributed by atoms with van der Waals surface area (Å²) in [6.07, 6.45) is 1.94. The Bertz CT molecular complexity index is 676. The van der Waals surface area contributed by atoms with Gasteiger partial charge in [-0.3, -0.25) is 0 Å². The first-order valence-electron chi connectivity index (χ1n) is 7.20. The molecule has 4 nitrogen and oxygen atoms in total. The maximum Gasteiger partial charge on any atom is 0.210 e. The quantitative estimate of drug-likeness (QED) is 0.916. The van der Waals surface area contributed by atoms with E-state index in [1.165, 1.54) is 0 Å². The van der Waals surface area contributed by atoms with E-state index in [4.69, 9.17) is 9.47 Å². The van der Waals surface area contributed by atoms with Crippen LogP contribution in [0.2, 0.25) is 0 Å². The number of nitrogens with zero attached hydrogens (tertiary/aromatic N) is 1. The molecule has 0 radical (unpaired) electrons. The van der Waals surface area contributed by atoms with E-state index in [1.807, 2.05) is 48.5 Å². The number of ether oxygens (including phenoxy) is 2. The van der Waals surface area contributed by atoms with Crippen LogP contribution in [-0.2, 0) is 4.74 Å². The topological polar surface area (TPSA) is 42.8 Å². The van der Waals surface area contributed by atoms with Crippen molar-refractivity contribution in [3.8, 4) is 5.75 Å². The van der Waals surface area contributed by atoms with E-state index in [0.717, 1.165) is 29.2 Å². The molecule has 0 aromatic heterocycles. The van der Waals surface area contributed by atoms with Crippen molar-refractivity contribution in [3.05, 3.63) is 66.2 Å². The zero-order chi connectivity index (χ0) is 15.2. The SMILES string of the molecule is COc1ccc(N/C(=C\C2=NCCO2)c2ccccc2)cc1. The lowest BCUT2D eigenvalue weighted by Crippen LogP contribution is -2.03. The Morgan fingerprint density at radius 1 is 1.14 bits per heavy atom. The van der Waals surface area contributed by atoms with Crippen molar-refractivity contribution >= 4 is 17.3 Å². The molecule has 0 atom stereocenters. The van der Waals surface area contributed by atoms with Gasteiger partial charge in [0.2, 0.25) is 5.90 Å². The number of benzene rings is 2. The summed E-state index contributed by atoms with van der Waals surface area (Å²) < 4.78 is 10.7. The van der Waals surface area contributed by atoms with Crippen molar-refractivity contribution in [2.45, 2.75) is 0 Å². The molecule has 1 N–H and O–H groups in total. The second-order valence-corrected chi connectivity index (χ2v) is 4.85. The molecular formula is C18H18N2O2. The van der Waals surface area contributed by atoms with Crippen LogP contribution >= 0.6 is 0 Å². The second kappa shape index (κ2) is 6.80. The third kappa shape index (κ3) is 3.47. The highest BCUT2D eigenvalue weighted by Crippen LogP contribution is 2.21. The number of rotatable bonds is 5. The predicted molar refractivity (Wildman–Crippen MR) is 89.3 cm³/mol. The first-order valence-corrected chi connectivity index (χ1v) is 7.20. The summed E-state index contributed by atoms with van der Waals surface area (Å²) >= 11 is 0. The van der Waals surface area contributed by atoms with Crippen LogP contribution in [0.1, 0.15) is 5.56 Å². The van der Waals surface area contributed by atoms with Crippen LogP contribution in [0.25, 0.3) is 5.70 Å².